The number of carboxylic acid groups (broad SMARTS) is 1. The minimum atomic E-state index is -0.960. The van der Waals surface area contributed by atoms with Gasteiger partial charge in [0, 0.05) is 5.41 Å². The molecule has 88 valence electrons. The van der Waals surface area contributed by atoms with Gasteiger partial charge in [0.05, 0.1) is 18.8 Å². The van der Waals surface area contributed by atoms with Crippen molar-refractivity contribution in [2.45, 2.75) is 13.3 Å². The van der Waals surface area contributed by atoms with Gasteiger partial charge in [-0.1, -0.05) is 19.1 Å². The quantitative estimate of drug-likeness (QED) is 0.695. The van der Waals surface area contributed by atoms with E-state index in [1.54, 1.807) is 19.1 Å². The van der Waals surface area contributed by atoms with Crippen LogP contribution in [0.5, 0.6) is 0 Å². The van der Waals surface area contributed by atoms with E-state index in [1.165, 1.54) is 12.1 Å². The summed E-state index contributed by atoms with van der Waals surface area (Å²) in [5.74, 6) is -0.960. The summed E-state index contributed by atoms with van der Waals surface area (Å²) >= 11 is 0. The zero-order valence-electron chi connectivity index (χ0n) is 9.18. The molecule has 0 heterocycles. The zero-order valence-corrected chi connectivity index (χ0v) is 9.18. The Balaban J connectivity index is 2.79. The van der Waals surface area contributed by atoms with Gasteiger partial charge in [-0.2, -0.15) is 0 Å². The molecule has 1 rings (SSSR count). The average molecular weight is 224 g/mol. The first-order valence-electron chi connectivity index (χ1n) is 5.05. The van der Waals surface area contributed by atoms with Crippen molar-refractivity contribution in [2.75, 3.05) is 13.2 Å². The third kappa shape index (κ3) is 3.05. The second-order valence-corrected chi connectivity index (χ2v) is 4.31. The van der Waals surface area contributed by atoms with Crippen molar-refractivity contribution < 1.29 is 20.1 Å². The number of carbonyl (C=O) groups is 1. The van der Waals surface area contributed by atoms with Crippen LogP contribution in [0.4, 0.5) is 0 Å². The van der Waals surface area contributed by atoms with Crippen molar-refractivity contribution in [1.82, 2.24) is 0 Å². The second-order valence-electron chi connectivity index (χ2n) is 4.31. The number of rotatable bonds is 5. The van der Waals surface area contributed by atoms with Crippen molar-refractivity contribution in [2.24, 2.45) is 5.41 Å². The number of hydrogen-bond acceptors (Lipinski definition) is 3. The van der Waals surface area contributed by atoms with Crippen molar-refractivity contribution in [3.05, 3.63) is 35.4 Å². The van der Waals surface area contributed by atoms with Gasteiger partial charge >= 0.3 is 5.97 Å². The van der Waals surface area contributed by atoms with E-state index in [1.807, 2.05) is 0 Å². The predicted molar refractivity (Wildman–Crippen MR) is 59.4 cm³/mol. The maximum Gasteiger partial charge on any atom is 0.335 e. The van der Waals surface area contributed by atoms with Gasteiger partial charge in [-0.15, -0.1) is 0 Å². The highest BCUT2D eigenvalue weighted by atomic mass is 16.4. The monoisotopic (exact) mass is 224 g/mol. The Morgan fingerprint density at radius 1 is 1.19 bits per heavy atom. The van der Waals surface area contributed by atoms with Crippen LogP contribution in [0.1, 0.15) is 22.8 Å². The van der Waals surface area contributed by atoms with E-state index >= 15 is 0 Å². The minimum Gasteiger partial charge on any atom is -0.478 e. The predicted octanol–water partition coefficient (Wildman–Crippen LogP) is 0.918. The van der Waals surface area contributed by atoms with Crippen LogP contribution in [0.15, 0.2) is 24.3 Å². The summed E-state index contributed by atoms with van der Waals surface area (Å²) in [7, 11) is 0. The molecule has 0 aromatic heterocycles. The van der Waals surface area contributed by atoms with Gasteiger partial charge < -0.3 is 15.3 Å². The highest BCUT2D eigenvalue weighted by molar-refractivity contribution is 5.87. The molecule has 4 heteroatoms. The molecule has 0 aliphatic heterocycles. The molecule has 3 N–H and O–H groups in total. The van der Waals surface area contributed by atoms with Crippen LogP contribution in [0, 0.1) is 5.41 Å². The van der Waals surface area contributed by atoms with Gasteiger partial charge in [0.2, 0.25) is 0 Å². The molecule has 0 amide bonds. The van der Waals surface area contributed by atoms with Crippen LogP contribution in [0.3, 0.4) is 0 Å². The SMILES string of the molecule is CC(CO)(CO)Cc1ccc(C(=O)O)cc1. The van der Waals surface area contributed by atoms with Crippen molar-refractivity contribution >= 4 is 5.97 Å². The molecule has 0 unspecified atom stereocenters. The molecule has 0 fully saturated rings. The van der Waals surface area contributed by atoms with Gasteiger partial charge in [-0.05, 0) is 24.1 Å². The summed E-state index contributed by atoms with van der Waals surface area (Å²) < 4.78 is 0. The summed E-state index contributed by atoms with van der Waals surface area (Å²) in [6.07, 6.45) is 0.514. The first-order valence-corrected chi connectivity index (χ1v) is 5.05. The van der Waals surface area contributed by atoms with E-state index < -0.39 is 11.4 Å². The Kier molecular flexibility index (Phi) is 4.04. The molecule has 0 spiro atoms. The molecule has 0 bridgehead atoms. The lowest BCUT2D eigenvalue weighted by molar-refractivity contribution is 0.0691. The summed E-state index contributed by atoms with van der Waals surface area (Å²) in [5.41, 5.74) is 0.569. The fourth-order valence-corrected chi connectivity index (χ4v) is 1.42. The van der Waals surface area contributed by atoms with Gasteiger partial charge in [-0.3, -0.25) is 0 Å². The van der Waals surface area contributed by atoms with Gasteiger partial charge in [0.15, 0.2) is 0 Å². The summed E-state index contributed by atoms with van der Waals surface area (Å²) in [4.78, 5) is 10.6. The van der Waals surface area contributed by atoms with Crippen molar-refractivity contribution in [1.29, 1.82) is 0 Å². The fraction of sp³-hybridized carbons (Fsp3) is 0.417. The topological polar surface area (TPSA) is 77.8 Å². The Morgan fingerprint density at radius 3 is 2.06 bits per heavy atom. The molecule has 0 aliphatic rings. The van der Waals surface area contributed by atoms with Crippen LogP contribution < -0.4 is 0 Å². The highest BCUT2D eigenvalue weighted by Crippen LogP contribution is 2.21. The maximum atomic E-state index is 10.6. The zero-order chi connectivity index (χ0) is 12.2. The van der Waals surface area contributed by atoms with Crippen LogP contribution in [0.25, 0.3) is 0 Å². The first-order chi connectivity index (χ1) is 7.50. The second kappa shape index (κ2) is 5.09. The lowest BCUT2D eigenvalue weighted by atomic mass is 9.85. The number of aliphatic hydroxyl groups is 2. The highest BCUT2D eigenvalue weighted by Gasteiger charge is 2.22. The fourth-order valence-electron chi connectivity index (χ4n) is 1.42. The third-order valence-electron chi connectivity index (χ3n) is 2.60. The van der Waals surface area contributed by atoms with Crippen LogP contribution in [-0.4, -0.2) is 34.5 Å². The summed E-state index contributed by atoms with van der Waals surface area (Å²) in [5, 5.41) is 27.0. The van der Waals surface area contributed by atoms with E-state index in [0.29, 0.717) is 6.42 Å². The number of hydrogen-bond donors (Lipinski definition) is 3. The number of benzene rings is 1. The standard InChI is InChI=1S/C12H16O4/c1-12(7-13,8-14)6-9-2-4-10(5-3-9)11(15)16/h2-5,13-14H,6-8H2,1H3,(H,15,16). The molecular formula is C12H16O4. The number of carboxylic acids is 1. The van der Waals surface area contributed by atoms with Crippen LogP contribution in [-0.2, 0) is 6.42 Å². The molecule has 4 nitrogen and oxygen atoms in total. The molecule has 0 saturated heterocycles. The lowest BCUT2D eigenvalue weighted by Crippen LogP contribution is -2.28. The largest absolute Gasteiger partial charge is 0.478 e. The average Bonchev–Trinajstić information content (AvgIpc) is 2.29. The molecular weight excluding hydrogens is 208 g/mol. The van der Waals surface area contributed by atoms with Gasteiger partial charge in [-0.25, -0.2) is 4.79 Å². The lowest BCUT2D eigenvalue weighted by Gasteiger charge is -2.24. The summed E-state index contributed by atoms with van der Waals surface area (Å²) in [6, 6.07) is 6.44. The van der Waals surface area contributed by atoms with E-state index in [-0.39, 0.29) is 18.8 Å². The molecule has 1 aromatic carbocycles. The van der Waals surface area contributed by atoms with E-state index in [0.717, 1.165) is 5.56 Å². The molecule has 0 saturated carbocycles. The Hall–Kier alpha value is -1.39. The molecule has 0 atom stereocenters. The first kappa shape index (κ1) is 12.7. The molecule has 0 aliphatic carbocycles. The van der Waals surface area contributed by atoms with Gasteiger partial charge in [0.1, 0.15) is 0 Å². The van der Waals surface area contributed by atoms with E-state index in [4.69, 9.17) is 15.3 Å². The Bertz CT molecular complexity index is 352. The number of aromatic carboxylic acids is 1. The smallest absolute Gasteiger partial charge is 0.335 e. The molecule has 0 radical (unpaired) electrons. The van der Waals surface area contributed by atoms with Crippen LogP contribution >= 0.6 is 0 Å². The Labute approximate surface area is 94.2 Å². The minimum absolute atomic E-state index is 0.107. The van der Waals surface area contributed by atoms with Gasteiger partial charge in [0.25, 0.3) is 0 Å². The molecule has 16 heavy (non-hydrogen) atoms. The molecule has 1 aromatic rings. The maximum absolute atomic E-state index is 10.6. The van der Waals surface area contributed by atoms with Crippen LogP contribution in [0.2, 0.25) is 0 Å². The van der Waals surface area contributed by atoms with E-state index in [2.05, 4.69) is 0 Å². The summed E-state index contributed by atoms with van der Waals surface area (Å²) in [6.45, 7) is 1.56. The normalized spacial score (nSPS) is 11.4. The Morgan fingerprint density at radius 2 is 1.69 bits per heavy atom. The number of aliphatic hydroxyl groups excluding tert-OH is 2. The van der Waals surface area contributed by atoms with Crippen molar-refractivity contribution in [3.63, 3.8) is 0 Å². The third-order valence-corrected chi connectivity index (χ3v) is 2.60. The van der Waals surface area contributed by atoms with E-state index in [9.17, 15) is 4.79 Å². The van der Waals surface area contributed by atoms with Crippen molar-refractivity contribution in [3.8, 4) is 0 Å².